The van der Waals surface area contributed by atoms with Gasteiger partial charge in [0, 0.05) is 26.2 Å². The number of nitrogens with zero attached hydrogens (tertiary/aromatic N) is 1. The van der Waals surface area contributed by atoms with Crippen LogP contribution in [0.5, 0.6) is 0 Å². The van der Waals surface area contributed by atoms with E-state index in [0.717, 1.165) is 32.1 Å². The maximum atomic E-state index is 11.9. The molecule has 0 unspecified atom stereocenters. The average Bonchev–Trinajstić information content (AvgIpc) is 2.35. The second kappa shape index (κ2) is 7.31. The molecule has 1 rings (SSSR count). The minimum Gasteiger partial charge on any atom is -0.396 e. The van der Waals surface area contributed by atoms with E-state index in [0.29, 0.717) is 19.6 Å². The van der Waals surface area contributed by atoms with E-state index in [1.165, 1.54) is 4.31 Å². The Kier molecular flexibility index (Phi) is 6.40. The van der Waals surface area contributed by atoms with Crippen LogP contribution in [-0.2, 0) is 10.2 Å². The molecule has 0 aromatic heterocycles. The molecule has 2 N–H and O–H groups in total. The van der Waals surface area contributed by atoms with Crippen molar-refractivity contribution in [3.8, 4) is 0 Å². The fourth-order valence-electron chi connectivity index (χ4n) is 2.00. The Morgan fingerprint density at radius 1 is 1.29 bits per heavy atom. The average molecular weight is 264 g/mol. The largest absolute Gasteiger partial charge is 0.396 e. The van der Waals surface area contributed by atoms with Crippen molar-refractivity contribution in [1.29, 1.82) is 0 Å². The van der Waals surface area contributed by atoms with Gasteiger partial charge in [-0.2, -0.15) is 12.7 Å². The van der Waals surface area contributed by atoms with Gasteiger partial charge >= 0.3 is 0 Å². The van der Waals surface area contributed by atoms with Crippen LogP contribution in [0.2, 0.25) is 0 Å². The van der Waals surface area contributed by atoms with Crippen molar-refractivity contribution in [3.63, 3.8) is 0 Å². The molecule has 5 nitrogen and oxygen atoms in total. The fraction of sp³-hybridized carbons (Fsp3) is 1.00. The van der Waals surface area contributed by atoms with Gasteiger partial charge in [0.05, 0.1) is 0 Å². The Bertz CT molecular complexity index is 298. The molecule has 102 valence electrons. The maximum absolute atomic E-state index is 11.9. The van der Waals surface area contributed by atoms with Crippen LogP contribution in [0.15, 0.2) is 0 Å². The number of nitrogens with one attached hydrogen (secondary N) is 1. The van der Waals surface area contributed by atoms with Gasteiger partial charge in [0.25, 0.3) is 10.2 Å². The van der Waals surface area contributed by atoms with E-state index in [1.807, 2.05) is 0 Å². The molecule has 6 heteroatoms. The van der Waals surface area contributed by atoms with Crippen molar-refractivity contribution in [2.45, 2.75) is 39.0 Å². The Hall–Kier alpha value is -0.170. The van der Waals surface area contributed by atoms with Gasteiger partial charge in [-0.25, -0.2) is 4.72 Å². The molecule has 0 amide bonds. The molecule has 1 aliphatic rings. The first-order valence-electron chi connectivity index (χ1n) is 6.45. The van der Waals surface area contributed by atoms with Gasteiger partial charge in [0.1, 0.15) is 0 Å². The normalized spacial score (nSPS) is 19.6. The lowest BCUT2D eigenvalue weighted by Gasteiger charge is -2.30. The first-order valence-corrected chi connectivity index (χ1v) is 7.89. The van der Waals surface area contributed by atoms with Crippen molar-refractivity contribution in [3.05, 3.63) is 0 Å². The van der Waals surface area contributed by atoms with E-state index < -0.39 is 10.2 Å². The van der Waals surface area contributed by atoms with Crippen molar-refractivity contribution < 1.29 is 13.5 Å². The topological polar surface area (TPSA) is 69.6 Å². The van der Waals surface area contributed by atoms with Gasteiger partial charge in [0.2, 0.25) is 0 Å². The van der Waals surface area contributed by atoms with Crippen LogP contribution in [0.1, 0.15) is 39.0 Å². The van der Waals surface area contributed by atoms with Gasteiger partial charge in [-0.3, -0.25) is 0 Å². The lowest BCUT2D eigenvalue weighted by Crippen LogP contribution is -2.45. The van der Waals surface area contributed by atoms with E-state index >= 15 is 0 Å². The van der Waals surface area contributed by atoms with Crippen LogP contribution in [0, 0.1) is 5.92 Å². The van der Waals surface area contributed by atoms with E-state index in [4.69, 9.17) is 5.11 Å². The first kappa shape index (κ1) is 14.9. The summed E-state index contributed by atoms with van der Waals surface area (Å²) in [6, 6.07) is 0. The van der Waals surface area contributed by atoms with Gasteiger partial charge < -0.3 is 5.11 Å². The number of hydrogen-bond donors (Lipinski definition) is 2. The smallest absolute Gasteiger partial charge is 0.279 e. The predicted molar refractivity (Wildman–Crippen MR) is 67.8 cm³/mol. The molecule has 0 aliphatic carbocycles. The van der Waals surface area contributed by atoms with Crippen LogP contribution < -0.4 is 4.72 Å². The van der Waals surface area contributed by atoms with Crippen LogP contribution >= 0.6 is 0 Å². The number of aliphatic hydroxyl groups excluding tert-OH is 1. The van der Waals surface area contributed by atoms with Gasteiger partial charge in [0.15, 0.2) is 0 Å². The number of unbranched alkanes of at least 4 members (excludes halogenated alkanes) is 2. The molecule has 0 atom stereocenters. The molecule has 0 spiro atoms. The molecule has 17 heavy (non-hydrogen) atoms. The summed E-state index contributed by atoms with van der Waals surface area (Å²) in [7, 11) is -3.29. The molecule has 1 fully saturated rings. The van der Waals surface area contributed by atoms with Gasteiger partial charge in [-0.05, 0) is 25.2 Å². The summed E-state index contributed by atoms with van der Waals surface area (Å²) in [4.78, 5) is 0. The van der Waals surface area contributed by atoms with Crippen LogP contribution in [0.25, 0.3) is 0 Å². The summed E-state index contributed by atoms with van der Waals surface area (Å²) in [6.07, 6.45) is 4.54. The molecule has 1 aliphatic heterocycles. The third-order valence-corrected chi connectivity index (χ3v) is 4.85. The van der Waals surface area contributed by atoms with E-state index in [9.17, 15) is 8.42 Å². The Balaban J connectivity index is 2.33. The highest BCUT2D eigenvalue weighted by Crippen LogP contribution is 2.18. The van der Waals surface area contributed by atoms with E-state index in [2.05, 4.69) is 11.6 Å². The highest BCUT2D eigenvalue weighted by atomic mass is 32.2. The van der Waals surface area contributed by atoms with Crippen molar-refractivity contribution in [2.75, 3.05) is 26.2 Å². The first-order chi connectivity index (χ1) is 8.10. The third-order valence-electron chi connectivity index (χ3n) is 3.24. The SMILES string of the molecule is CCCCCNS(=O)(=O)N1CCC(CO)CC1. The summed E-state index contributed by atoms with van der Waals surface area (Å²) in [5, 5.41) is 9.00. The number of hydrogen-bond acceptors (Lipinski definition) is 3. The van der Waals surface area contributed by atoms with Crippen LogP contribution in [0.4, 0.5) is 0 Å². The molecular weight excluding hydrogens is 240 g/mol. The third kappa shape index (κ3) is 4.91. The Morgan fingerprint density at radius 3 is 2.47 bits per heavy atom. The van der Waals surface area contributed by atoms with E-state index in [-0.39, 0.29) is 12.5 Å². The highest BCUT2D eigenvalue weighted by molar-refractivity contribution is 7.87. The molecule has 0 saturated carbocycles. The number of piperidine rings is 1. The summed E-state index contributed by atoms with van der Waals surface area (Å²) < 4.78 is 27.9. The second-order valence-electron chi connectivity index (χ2n) is 4.63. The lowest BCUT2D eigenvalue weighted by atomic mass is 10.00. The molecule has 0 bridgehead atoms. The van der Waals surface area contributed by atoms with Crippen molar-refractivity contribution in [2.24, 2.45) is 5.92 Å². The standard InChI is InChI=1S/C11H24N2O3S/c1-2-3-4-7-12-17(15,16)13-8-5-11(10-14)6-9-13/h11-12,14H,2-10H2,1H3. The van der Waals surface area contributed by atoms with Gasteiger partial charge in [-0.15, -0.1) is 0 Å². The zero-order chi connectivity index (χ0) is 12.7. The maximum Gasteiger partial charge on any atom is 0.279 e. The minimum absolute atomic E-state index is 0.165. The summed E-state index contributed by atoms with van der Waals surface area (Å²) in [5.74, 6) is 0.265. The predicted octanol–water partition coefficient (Wildman–Crippen LogP) is 0.715. The lowest BCUT2D eigenvalue weighted by molar-refractivity contribution is 0.169. The molecule has 1 heterocycles. The molecule has 0 radical (unpaired) electrons. The quantitative estimate of drug-likeness (QED) is 0.666. The molecule has 0 aromatic carbocycles. The molecule has 0 aromatic rings. The highest BCUT2D eigenvalue weighted by Gasteiger charge is 2.26. The summed E-state index contributed by atoms with van der Waals surface area (Å²) in [5.41, 5.74) is 0. The number of aliphatic hydroxyl groups is 1. The Morgan fingerprint density at radius 2 is 1.94 bits per heavy atom. The van der Waals surface area contributed by atoms with Gasteiger partial charge in [-0.1, -0.05) is 19.8 Å². The molecular formula is C11H24N2O3S. The van der Waals surface area contributed by atoms with Crippen LogP contribution in [-0.4, -0.2) is 44.1 Å². The monoisotopic (exact) mass is 264 g/mol. The van der Waals surface area contributed by atoms with Crippen LogP contribution in [0.3, 0.4) is 0 Å². The zero-order valence-corrected chi connectivity index (χ0v) is 11.4. The Labute approximate surface area is 104 Å². The molecule has 1 saturated heterocycles. The van der Waals surface area contributed by atoms with Crippen molar-refractivity contribution in [1.82, 2.24) is 9.03 Å². The zero-order valence-electron chi connectivity index (χ0n) is 10.6. The van der Waals surface area contributed by atoms with E-state index in [1.54, 1.807) is 0 Å². The van der Waals surface area contributed by atoms with Crippen molar-refractivity contribution >= 4 is 10.2 Å². The summed E-state index contributed by atoms with van der Waals surface area (Å²) >= 11 is 0. The summed E-state index contributed by atoms with van der Waals surface area (Å²) in [6.45, 7) is 3.82. The minimum atomic E-state index is -3.29. The fourth-order valence-corrected chi connectivity index (χ4v) is 3.28. The second-order valence-corrected chi connectivity index (χ2v) is 6.39. The number of rotatable bonds is 7.